The molecule has 0 radical (unpaired) electrons. The van der Waals surface area contributed by atoms with E-state index in [9.17, 15) is 9.90 Å². The van der Waals surface area contributed by atoms with Crippen LogP contribution in [0, 0.1) is 0 Å². The average molecular weight is 476 g/mol. The zero-order chi connectivity index (χ0) is 19.3. The number of carbonyl (C=O) groups is 1. The first-order valence-corrected chi connectivity index (χ1v) is 12.5. The molecule has 0 aliphatic heterocycles. The van der Waals surface area contributed by atoms with Gasteiger partial charge in [0.05, 0.1) is 11.7 Å². The van der Waals surface area contributed by atoms with Crippen LogP contribution in [0.15, 0.2) is 40.5 Å². The molecule has 0 aromatic heterocycles. The lowest BCUT2D eigenvalue weighted by atomic mass is 10.0. The maximum Gasteiger partial charge on any atom is 0.338 e. The standard InChI is InChI=1S/C19H29IO4Si/c1-18(2,3)25(5,6)24-16(12-13-20)19(4,22)14-23-17(21)15-10-8-7-9-11-15/h7-13,16,22H,14H2,1-6H3/b13-12+/t16-,19+/m1/s1. The van der Waals surface area contributed by atoms with Crippen molar-refractivity contribution in [2.45, 2.75) is 57.5 Å². The van der Waals surface area contributed by atoms with Gasteiger partial charge in [-0.1, -0.05) is 61.6 Å². The average Bonchev–Trinajstić information content (AvgIpc) is 2.52. The molecule has 1 aromatic carbocycles. The fourth-order valence-corrected chi connectivity index (χ4v) is 3.58. The zero-order valence-electron chi connectivity index (χ0n) is 15.9. The van der Waals surface area contributed by atoms with Gasteiger partial charge in [-0.25, -0.2) is 4.79 Å². The van der Waals surface area contributed by atoms with Crippen LogP contribution in [0.1, 0.15) is 38.1 Å². The van der Waals surface area contributed by atoms with Crippen molar-refractivity contribution in [3.8, 4) is 0 Å². The summed E-state index contributed by atoms with van der Waals surface area (Å²) < 4.78 is 13.5. The minimum absolute atomic E-state index is 0.0150. The monoisotopic (exact) mass is 476 g/mol. The van der Waals surface area contributed by atoms with Crippen LogP contribution in [0.4, 0.5) is 0 Å². The molecular weight excluding hydrogens is 447 g/mol. The molecule has 0 fully saturated rings. The van der Waals surface area contributed by atoms with E-state index in [1.807, 2.05) is 16.2 Å². The van der Waals surface area contributed by atoms with Gasteiger partial charge in [-0.05, 0) is 47.3 Å². The van der Waals surface area contributed by atoms with E-state index in [-0.39, 0.29) is 11.6 Å². The third-order valence-corrected chi connectivity index (χ3v) is 9.46. The highest BCUT2D eigenvalue weighted by molar-refractivity contribution is 14.1. The molecule has 140 valence electrons. The molecule has 0 spiro atoms. The van der Waals surface area contributed by atoms with Gasteiger partial charge in [-0.3, -0.25) is 0 Å². The quantitative estimate of drug-likeness (QED) is 0.344. The summed E-state index contributed by atoms with van der Waals surface area (Å²) >= 11 is 2.10. The minimum Gasteiger partial charge on any atom is -0.459 e. The normalized spacial score (nSPS) is 16.5. The lowest BCUT2D eigenvalue weighted by molar-refractivity contribution is -0.0738. The van der Waals surface area contributed by atoms with Crippen molar-refractivity contribution in [2.24, 2.45) is 0 Å². The van der Waals surface area contributed by atoms with E-state index in [0.717, 1.165) is 0 Å². The molecule has 1 rings (SSSR count). The first-order chi connectivity index (χ1) is 11.4. The number of hydrogen-bond donors (Lipinski definition) is 1. The van der Waals surface area contributed by atoms with Crippen LogP contribution >= 0.6 is 22.6 Å². The van der Waals surface area contributed by atoms with E-state index in [4.69, 9.17) is 9.16 Å². The van der Waals surface area contributed by atoms with Gasteiger partial charge in [0, 0.05) is 0 Å². The first-order valence-electron chi connectivity index (χ1n) is 8.30. The van der Waals surface area contributed by atoms with Crippen LogP contribution in [0.25, 0.3) is 0 Å². The van der Waals surface area contributed by atoms with E-state index in [1.54, 1.807) is 31.2 Å². The Morgan fingerprint density at radius 1 is 1.24 bits per heavy atom. The minimum atomic E-state index is -2.09. The van der Waals surface area contributed by atoms with E-state index in [1.165, 1.54) is 0 Å². The van der Waals surface area contributed by atoms with Gasteiger partial charge >= 0.3 is 5.97 Å². The van der Waals surface area contributed by atoms with Gasteiger partial charge in [0.15, 0.2) is 8.32 Å². The molecule has 0 unspecified atom stereocenters. The van der Waals surface area contributed by atoms with Gasteiger partial charge in [0.1, 0.15) is 12.2 Å². The second kappa shape index (κ2) is 8.79. The Labute approximate surface area is 165 Å². The third kappa shape index (κ3) is 6.51. The Balaban J connectivity index is 2.85. The highest BCUT2D eigenvalue weighted by atomic mass is 127. The molecule has 1 aromatic rings. The lowest BCUT2D eigenvalue weighted by Crippen LogP contribution is -2.52. The van der Waals surface area contributed by atoms with Crippen molar-refractivity contribution in [1.82, 2.24) is 0 Å². The molecule has 2 atom stereocenters. The number of carbonyl (C=O) groups excluding carboxylic acids is 1. The van der Waals surface area contributed by atoms with Crippen LogP contribution in [0.5, 0.6) is 0 Å². The number of benzene rings is 1. The summed E-state index contributed by atoms with van der Waals surface area (Å²) in [5.74, 6) is -0.453. The fourth-order valence-electron chi connectivity index (χ4n) is 1.89. The molecule has 0 aliphatic carbocycles. The number of aliphatic hydroxyl groups is 1. The lowest BCUT2D eigenvalue weighted by Gasteiger charge is -2.42. The molecule has 25 heavy (non-hydrogen) atoms. The summed E-state index contributed by atoms with van der Waals surface area (Å²) in [6, 6.07) is 8.76. The Bertz CT molecular complexity index is 591. The Kier molecular flexibility index (Phi) is 7.86. The molecule has 0 amide bonds. The highest BCUT2D eigenvalue weighted by Gasteiger charge is 2.43. The van der Waals surface area contributed by atoms with Crippen LogP contribution in [0.2, 0.25) is 18.1 Å². The summed E-state index contributed by atoms with van der Waals surface area (Å²) in [4.78, 5) is 12.1. The molecular formula is C19H29IO4Si. The number of esters is 1. The molecule has 4 nitrogen and oxygen atoms in total. The Hall–Kier alpha value is -0.703. The highest BCUT2D eigenvalue weighted by Crippen LogP contribution is 2.38. The predicted molar refractivity (Wildman–Crippen MR) is 113 cm³/mol. The summed E-state index contributed by atoms with van der Waals surface area (Å²) in [6.45, 7) is 12.2. The third-order valence-electron chi connectivity index (χ3n) is 4.59. The SMILES string of the molecule is CC(C)(C)[Si](C)(C)O[C@H](/C=C/I)[C@@](C)(O)COC(=O)c1ccccc1. The molecule has 0 aliphatic rings. The van der Waals surface area contributed by atoms with Gasteiger partial charge in [-0.15, -0.1) is 0 Å². The van der Waals surface area contributed by atoms with Crippen LogP contribution < -0.4 is 0 Å². The van der Waals surface area contributed by atoms with Crippen LogP contribution in [0.3, 0.4) is 0 Å². The second-order valence-electron chi connectivity index (χ2n) is 7.92. The van der Waals surface area contributed by atoms with E-state index in [0.29, 0.717) is 5.56 Å². The number of ether oxygens (including phenoxy) is 1. The number of halogens is 1. The molecule has 6 heteroatoms. The maximum atomic E-state index is 12.1. The van der Waals surface area contributed by atoms with Gasteiger partial charge in [0.25, 0.3) is 0 Å². The Morgan fingerprint density at radius 2 is 1.80 bits per heavy atom. The van der Waals surface area contributed by atoms with Gasteiger partial charge in [0.2, 0.25) is 0 Å². The summed E-state index contributed by atoms with van der Waals surface area (Å²) in [5.41, 5.74) is -0.855. The maximum absolute atomic E-state index is 12.1. The molecule has 0 heterocycles. The van der Waals surface area contributed by atoms with E-state index in [2.05, 4.69) is 56.5 Å². The second-order valence-corrected chi connectivity index (χ2v) is 13.4. The van der Waals surface area contributed by atoms with Crippen LogP contribution in [-0.2, 0) is 9.16 Å². The molecule has 0 saturated heterocycles. The first kappa shape index (κ1) is 22.3. The summed E-state index contributed by atoms with van der Waals surface area (Å²) in [7, 11) is -2.09. The van der Waals surface area contributed by atoms with Crippen molar-refractivity contribution >= 4 is 36.9 Å². The van der Waals surface area contributed by atoms with Gasteiger partial charge < -0.3 is 14.3 Å². The van der Waals surface area contributed by atoms with Crippen molar-refractivity contribution in [2.75, 3.05) is 6.61 Å². The van der Waals surface area contributed by atoms with Gasteiger partial charge in [-0.2, -0.15) is 0 Å². The van der Waals surface area contributed by atoms with Crippen molar-refractivity contribution in [1.29, 1.82) is 0 Å². The predicted octanol–water partition coefficient (Wildman–Crippen LogP) is 4.93. The molecule has 1 N–H and O–H groups in total. The smallest absolute Gasteiger partial charge is 0.338 e. The molecule has 0 bridgehead atoms. The van der Waals surface area contributed by atoms with E-state index >= 15 is 0 Å². The van der Waals surface area contributed by atoms with E-state index < -0.39 is 26.0 Å². The number of rotatable bonds is 7. The van der Waals surface area contributed by atoms with Crippen molar-refractivity contribution in [3.05, 3.63) is 46.1 Å². The molecule has 0 saturated carbocycles. The largest absolute Gasteiger partial charge is 0.459 e. The Morgan fingerprint density at radius 3 is 2.28 bits per heavy atom. The summed E-state index contributed by atoms with van der Waals surface area (Å²) in [6.07, 6.45) is 1.27. The topological polar surface area (TPSA) is 55.8 Å². The van der Waals surface area contributed by atoms with Crippen molar-refractivity contribution in [3.63, 3.8) is 0 Å². The fraction of sp³-hybridized carbons (Fsp3) is 0.526. The van der Waals surface area contributed by atoms with Crippen LogP contribution in [-0.4, -0.2) is 37.7 Å². The zero-order valence-corrected chi connectivity index (χ0v) is 19.0. The van der Waals surface area contributed by atoms with Crippen molar-refractivity contribution < 1.29 is 19.1 Å². The summed E-state index contributed by atoms with van der Waals surface area (Å²) in [5, 5.41) is 10.9. The number of hydrogen-bond acceptors (Lipinski definition) is 4.